The first-order valence-corrected chi connectivity index (χ1v) is 6.52. The summed E-state index contributed by atoms with van der Waals surface area (Å²) in [6.45, 7) is 8.88. The van der Waals surface area contributed by atoms with E-state index < -0.39 is 5.54 Å². The predicted octanol–water partition coefficient (Wildman–Crippen LogP) is 1.58. The maximum Gasteiger partial charge on any atom is 0.237 e. The van der Waals surface area contributed by atoms with Crippen LogP contribution in [0.5, 0.6) is 0 Å². The van der Waals surface area contributed by atoms with Crippen molar-refractivity contribution in [3.05, 3.63) is 0 Å². The molecule has 4 heteroatoms. The monoisotopic (exact) mass is 242 g/mol. The third-order valence-corrected chi connectivity index (χ3v) is 3.21. The lowest BCUT2D eigenvalue weighted by molar-refractivity contribution is -0.133. The molecule has 100 valence electrons. The van der Waals surface area contributed by atoms with E-state index >= 15 is 0 Å². The number of hydrogen-bond donors (Lipinski definition) is 2. The number of amides is 1. The van der Waals surface area contributed by atoms with Crippen LogP contribution in [0.1, 0.15) is 53.4 Å². The normalized spacial score (nSPS) is 30.2. The summed E-state index contributed by atoms with van der Waals surface area (Å²) in [4.78, 5) is 11.7. The average Bonchev–Trinajstić information content (AvgIpc) is 2.15. The lowest BCUT2D eigenvalue weighted by atomic mass is 9.79. The van der Waals surface area contributed by atoms with Crippen LogP contribution in [0, 0.1) is 0 Å². The van der Waals surface area contributed by atoms with E-state index in [-0.39, 0.29) is 17.6 Å². The Bertz CT molecular complexity index is 269. The second-order valence-electron chi connectivity index (χ2n) is 5.93. The highest BCUT2D eigenvalue weighted by Gasteiger charge is 2.41. The highest BCUT2D eigenvalue weighted by Crippen LogP contribution is 2.32. The van der Waals surface area contributed by atoms with Gasteiger partial charge in [0.1, 0.15) is 5.54 Å². The molecule has 0 bridgehead atoms. The summed E-state index contributed by atoms with van der Waals surface area (Å²) in [5, 5.41) is 3.26. The van der Waals surface area contributed by atoms with E-state index in [4.69, 9.17) is 10.5 Å². The summed E-state index contributed by atoms with van der Waals surface area (Å²) in [6.07, 6.45) is 3.62. The van der Waals surface area contributed by atoms with Crippen molar-refractivity contribution in [2.45, 2.75) is 70.6 Å². The SMILES string of the molecule is CCNC1(C(N)=O)CCCC(OC(C)(C)C)C1. The van der Waals surface area contributed by atoms with Crippen LogP contribution in [0.3, 0.4) is 0 Å². The fourth-order valence-corrected chi connectivity index (χ4v) is 2.63. The smallest absolute Gasteiger partial charge is 0.237 e. The molecule has 2 atom stereocenters. The van der Waals surface area contributed by atoms with Crippen LogP contribution >= 0.6 is 0 Å². The van der Waals surface area contributed by atoms with Gasteiger partial charge < -0.3 is 15.8 Å². The molecule has 0 aromatic rings. The summed E-state index contributed by atoms with van der Waals surface area (Å²) in [6, 6.07) is 0. The number of hydrogen-bond acceptors (Lipinski definition) is 3. The van der Waals surface area contributed by atoms with Crippen molar-refractivity contribution in [2.24, 2.45) is 5.73 Å². The highest BCUT2D eigenvalue weighted by molar-refractivity contribution is 5.84. The van der Waals surface area contributed by atoms with Gasteiger partial charge in [0, 0.05) is 6.42 Å². The summed E-state index contributed by atoms with van der Waals surface area (Å²) in [7, 11) is 0. The molecule has 1 aliphatic carbocycles. The van der Waals surface area contributed by atoms with Crippen molar-refractivity contribution in [2.75, 3.05) is 6.54 Å². The van der Waals surface area contributed by atoms with Gasteiger partial charge in [0.15, 0.2) is 0 Å². The number of primary amides is 1. The van der Waals surface area contributed by atoms with Crippen LogP contribution in [0.25, 0.3) is 0 Å². The fraction of sp³-hybridized carbons (Fsp3) is 0.923. The molecule has 1 amide bonds. The highest BCUT2D eigenvalue weighted by atomic mass is 16.5. The second kappa shape index (κ2) is 5.36. The van der Waals surface area contributed by atoms with E-state index in [1.807, 2.05) is 27.7 Å². The zero-order valence-corrected chi connectivity index (χ0v) is 11.5. The molecule has 0 heterocycles. The molecule has 0 aromatic heterocycles. The average molecular weight is 242 g/mol. The van der Waals surface area contributed by atoms with E-state index in [1.54, 1.807) is 0 Å². The molecule has 1 aliphatic rings. The molecule has 4 nitrogen and oxygen atoms in total. The van der Waals surface area contributed by atoms with Crippen molar-refractivity contribution < 1.29 is 9.53 Å². The van der Waals surface area contributed by atoms with Gasteiger partial charge in [-0.1, -0.05) is 6.92 Å². The molecule has 17 heavy (non-hydrogen) atoms. The number of carbonyl (C=O) groups excluding carboxylic acids is 1. The number of ether oxygens (including phenoxy) is 1. The summed E-state index contributed by atoms with van der Waals surface area (Å²) in [5.41, 5.74) is 4.82. The van der Waals surface area contributed by atoms with Crippen molar-refractivity contribution in [1.29, 1.82) is 0 Å². The van der Waals surface area contributed by atoms with Gasteiger partial charge in [0.2, 0.25) is 5.91 Å². The van der Waals surface area contributed by atoms with E-state index in [9.17, 15) is 4.79 Å². The quantitative estimate of drug-likeness (QED) is 0.786. The Labute approximate surface area is 104 Å². The lowest BCUT2D eigenvalue weighted by Crippen LogP contribution is -2.59. The van der Waals surface area contributed by atoms with Crippen molar-refractivity contribution in [3.8, 4) is 0 Å². The van der Waals surface area contributed by atoms with Gasteiger partial charge in [-0.15, -0.1) is 0 Å². The minimum Gasteiger partial charge on any atom is -0.373 e. The molecular weight excluding hydrogens is 216 g/mol. The van der Waals surface area contributed by atoms with Crippen LogP contribution < -0.4 is 11.1 Å². The Hall–Kier alpha value is -0.610. The van der Waals surface area contributed by atoms with Crippen molar-refractivity contribution >= 4 is 5.91 Å². The van der Waals surface area contributed by atoms with Crippen LogP contribution in [0.15, 0.2) is 0 Å². The number of likely N-dealkylation sites (N-methyl/N-ethyl adjacent to an activating group) is 1. The van der Waals surface area contributed by atoms with Gasteiger partial charge in [-0.3, -0.25) is 4.79 Å². The topological polar surface area (TPSA) is 64.3 Å². The molecule has 1 fully saturated rings. The van der Waals surface area contributed by atoms with Gasteiger partial charge in [0.25, 0.3) is 0 Å². The van der Waals surface area contributed by atoms with Crippen molar-refractivity contribution in [3.63, 3.8) is 0 Å². The van der Waals surface area contributed by atoms with E-state index in [0.717, 1.165) is 25.8 Å². The van der Waals surface area contributed by atoms with Gasteiger partial charge in [0.05, 0.1) is 11.7 Å². The third kappa shape index (κ3) is 3.96. The maximum absolute atomic E-state index is 11.7. The van der Waals surface area contributed by atoms with Crippen LogP contribution in [-0.2, 0) is 9.53 Å². The third-order valence-electron chi connectivity index (χ3n) is 3.21. The molecular formula is C13H26N2O2. The number of nitrogens with two attached hydrogens (primary N) is 1. The summed E-state index contributed by atoms with van der Waals surface area (Å²) in [5.74, 6) is -0.249. The van der Waals surface area contributed by atoms with Crippen LogP contribution in [-0.4, -0.2) is 29.7 Å². The molecule has 0 saturated heterocycles. The Morgan fingerprint density at radius 3 is 2.65 bits per heavy atom. The first kappa shape index (κ1) is 14.5. The summed E-state index contributed by atoms with van der Waals surface area (Å²) >= 11 is 0. The van der Waals surface area contributed by atoms with Crippen LogP contribution in [0.2, 0.25) is 0 Å². The molecule has 3 N–H and O–H groups in total. The Kier molecular flexibility index (Phi) is 4.55. The van der Waals surface area contributed by atoms with Crippen molar-refractivity contribution in [1.82, 2.24) is 5.32 Å². The molecule has 1 saturated carbocycles. The molecule has 0 spiro atoms. The first-order chi connectivity index (χ1) is 7.79. The maximum atomic E-state index is 11.7. The lowest BCUT2D eigenvalue weighted by Gasteiger charge is -2.41. The van der Waals surface area contributed by atoms with Gasteiger partial charge in [-0.05, 0) is 46.6 Å². The van der Waals surface area contributed by atoms with E-state index in [2.05, 4.69) is 5.32 Å². The Morgan fingerprint density at radius 2 is 2.18 bits per heavy atom. The molecule has 0 radical (unpaired) electrons. The molecule has 0 aliphatic heterocycles. The molecule has 2 unspecified atom stereocenters. The minimum atomic E-state index is -0.567. The Morgan fingerprint density at radius 1 is 1.53 bits per heavy atom. The zero-order chi connectivity index (χ0) is 13.1. The Balaban J connectivity index is 2.71. The van der Waals surface area contributed by atoms with E-state index in [1.165, 1.54) is 0 Å². The van der Waals surface area contributed by atoms with Gasteiger partial charge >= 0.3 is 0 Å². The first-order valence-electron chi connectivity index (χ1n) is 6.52. The number of carbonyl (C=O) groups is 1. The van der Waals surface area contributed by atoms with Crippen LogP contribution in [0.4, 0.5) is 0 Å². The number of rotatable bonds is 4. The zero-order valence-electron chi connectivity index (χ0n) is 11.5. The van der Waals surface area contributed by atoms with Gasteiger partial charge in [-0.25, -0.2) is 0 Å². The van der Waals surface area contributed by atoms with E-state index in [0.29, 0.717) is 6.42 Å². The second-order valence-corrected chi connectivity index (χ2v) is 5.93. The molecule has 1 rings (SSSR count). The standard InChI is InChI=1S/C13H26N2O2/c1-5-15-13(11(14)16)8-6-7-10(9-13)17-12(2,3)4/h10,15H,5-9H2,1-4H3,(H2,14,16). The van der Waals surface area contributed by atoms with Gasteiger partial charge in [-0.2, -0.15) is 0 Å². The minimum absolute atomic E-state index is 0.121. The fourth-order valence-electron chi connectivity index (χ4n) is 2.63. The summed E-state index contributed by atoms with van der Waals surface area (Å²) < 4.78 is 5.98. The predicted molar refractivity (Wildman–Crippen MR) is 68.7 cm³/mol. The number of nitrogens with one attached hydrogen (secondary N) is 1. The molecule has 0 aromatic carbocycles. The largest absolute Gasteiger partial charge is 0.373 e.